The van der Waals surface area contributed by atoms with Gasteiger partial charge in [0.1, 0.15) is 11.0 Å². The van der Waals surface area contributed by atoms with Crippen molar-refractivity contribution in [2.45, 2.75) is 32.4 Å². The summed E-state index contributed by atoms with van der Waals surface area (Å²) in [6.45, 7) is 6.44. The molecule has 3 rings (SSSR count). The van der Waals surface area contributed by atoms with Crippen LogP contribution in [-0.2, 0) is 4.79 Å². The maximum atomic E-state index is 12.7. The van der Waals surface area contributed by atoms with Crippen LogP contribution in [0.4, 0.5) is 0 Å². The van der Waals surface area contributed by atoms with Crippen molar-refractivity contribution in [3.05, 3.63) is 52.5 Å². The predicted molar refractivity (Wildman–Crippen MR) is 116 cm³/mol. The first-order chi connectivity index (χ1) is 12.0. The molecule has 0 spiro atoms. The van der Waals surface area contributed by atoms with Crippen LogP contribution in [0.3, 0.4) is 0 Å². The summed E-state index contributed by atoms with van der Waals surface area (Å²) in [6.07, 6.45) is 2.70. The van der Waals surface area contributed by atoms with E-state index in [1.165, 1.54) is 0 Å². The Kier molecular flexibility index (Phi) is 9.18. The third-order valence-corrected chi connectivity index (χ3v) is 5.74. The standard InChI is InChI=1S/C19H26N4OS.2ClH/c1-19(2)13-23(10-8-15(19)20)12-16(24)22-17(18-21-9-11-25-18)14-6-4-3-5-7-14;;/h3-7,9,11,15,17H,8,10,12-13,20H2,1-2H3,(H,22,24);2*1H. The highest BCUT2D eigenvalue weighted by Gasteiger charge is 2.34. The maximum absolute atomic E-state index is 12.7. The zero-order valence-corrected chi connectivity index (χ0v) is 18.1. The molecule has 27 heavy (non-hydrogen) atoms. The molecule has 0 bridgehead atoms. The number of nitrogens with zero attached hydrogens (tertiary/aromatic N) is 2. The van der Waals surface area contributed by atoms with Crippen molar-refractivity contribution in [3.63, 3.8) is 0 Å². The van der Waals surface area contributed by atoms with Crippen LogP contribution < -0.4 is 11.1 Å². The molecule has 2 heterocycles. The molecule has 3 N–H and O–H groups in total. The fourth-order valence-corrected chi connectivity index (χ4v) is 4.05. The number of nitrogens with one attached hydrogen (secondary N) is 1. The molecule has 1 aliphatic heterocycles. The molecule has 2 unspecified atom stereocenters. The van der Waals surface area contributed by atoms with Crippen LogP contribution in [-0.4, -0.2) is 41.5 Å². The van der Waals surface area contributed by atoms with E-state index in [-0.39, 0.29) is 48.2 Å². The van der Waals surface area contributed by atoms with Gasteiger partial charge in [0.05, 0.1) is 6.54 Å². The lowest BCUT2D eigenvalue weighted by Crippen LogP contribution is -2.54. The molecular weight excluding hydrogens is 403 g/mol. The third-order valence-electron chi connectivity index (χ3n) is 4.90. The average Bonchev–Trinajstić information content (AvgIpc) is 3.11. The number of benzene rings is 1. The summed E-state index contributed by atoms with van der Waals surface area (Å²) in [6, 6.07) is 9.98. The van der Waals surface area contributed by atoms with Crippen molar-refractivity contribution in [2.75, 3.05) is 19.6 Å². The second-order valence-corrected chi connectivity index (χ2v) is 8.30. The van der Waals surface area contributed by atoms with Crippen LogP contribution in [0.5, 0.6) is 0 Å². The molecule has 8 heteroatoms. The van der Waals surface area contributed by atoms with Crippen LogP contribution in [0.1, 0.15) is 36.9 Å². The number of carbonyl (C=O) groups excluding carboxylic acids is 1. The Labute approximate surface area is 177 Å². The molecular formula is C19H28Cl2N4OS. The van der Waals surface area contributed by atoms with Gasteiger partial charge in [-0.1, -0.05) is 44.2 Å². The van der Waals surface area contributed by atoms with Crippen molar-refractivity contribution in [3.8, 4) is 0 Å². The summed E-state index contributed by atoms with van der Waals surface area (Å²) < 4.78 is 0. The Morgan fingerprint density at radius 1 is 1.37 bits per heavy atom. The minimum Gasteiger partial charge on any atom is -0.342 e. The Bertz CT molecular complexity index is 697. The van der Waals surface area contributed by atoms with Crippen molar-refractivity contribution in [1.82, 2.24) is 15.2 Å². The number of rotatable bonds is 5. The largest absolute Gasteiger partial charge is 0.342 e. The van der Waals surface area contributed by atoms with Gasteiger partial charge < -0.3 is 11.1 Å². The van der Waals surface area contributed by atoms with Crippen LogP contribution in [0.25, 0.3) is 0 Å². The Morgan fingerprint density at radius 2 is 2.07 bits per heavy atom. The third kappa shape index (κ3) is 6.16. The number of carbonyl (C=O) groups is 1. The number of likely N-dealkylation sites (tertiary alicyclic amines) is 1. The molecule has 1 amide bonds. The molecule has 150 valence electrons. The van der Waals surface area contributed by atoms with Crippen molar-refractivity contribution in [1.29, 1.82) is 0 Å². The zero-order chi connectivity index (χ0) is 17.9. The molecule has 1 aliphatic rings. The van der Waals surface area contributed by atoms with Gasteiger partial charge in [-0.15, -0.1) is 36.2 Å². The minimum atomic E-state index is -0.200. The van der Waals surface area contributed by atoms with Crippen LogP contribution in [0.15, 0.2) is 41.9 Å². The van der Waals surface area contributed by atoms with E-state index in [4.69, 9.17) is 5.73 Å². The van der Waals surface area contributed by atoms with E-state index < -0.39 is 0 Å². The first-order valence-electron chi connectivity index (χ1n) is 8.67. The SMILES string of the molecule is CC1(C)CN(CC(=O)NC(c2ccccc2)c2nccs2)CCC1N.Cl.Cl. The van der Waals surface area contributed by atoms with E-state index in [1.54, 1.807) is 17.5 Å². The number of amides is 1. The van der Waals surface area contributed by atoms with Gasteiger partial charge in [0.2, 0.25) is 5.91 Å². The van der Waals surface area contributed by atoms with Crippen LogP contribution in [0, 0.1) is 5.41 Å². The lowest BCUT2D eigenvalue weighted by Gasteiger charge is -2.42. The summed E-state index contributed by atoms with van der Waals surface area (Å²) >= 11 is 1.56. The van der Waals surface area contributed by atoms with Crippen LogP contribution >= 0.6 is 36.2 Å². The number of hydrogen-bond donors (Lipinski definition) is 2. The average molecular weight is 431 g/mol. The summed E-state index contributed by atoms with van der Waals surface area (Å²) in [7, 11) is 0. The summed E-state index contributed by atoms with van der Waals surface area (Å²) in [5.41, 5.74) is 7.27. The number of hydrogen-bond acceptors (Lipinski definition) is 5. The van der Waals surface area contributed by atoms with Gasteiger partial charge in [-0.3, -0.25) is 9.69 Å². The molecule has 1 fully saturated rings. The molecule has 5 nitrogen and oxygen atoms in total. The molecule has 0 saturated carbocycles. The summed E-state index contributed by atoms with van der Waals surface area (Å²) in [5, 5.41) is 6.00. The fraction of sp³-hybridized carbons (Fsp3) is 0.474. The Hall–Kier alpha value is -1.18. The Balaban J connectivity index is 0.00000182. The number of aromatic nitrogens is 1. The van der Waals surface area contributed by atoms with Gasteiger partial charge >= 0.3 is 0 Å². The second-order valence-electron chi connectivity index (χ2n) is 7.38. The highest BCUT2D eigenvalue weighted by Crippen LogP contribution is 2.28. The highest BCUT2D eigenvalue weighted by atomic mass is 35.5. The normalized spacial score (nSPS) is 20.0. The van der Waals surface area contributed by atoms with E-state index in [0.29, 0.717) is 6.54 Å². The fourth-order valence-electron chi connectivity index (χ4n) is 3.34. The Morgan fingerprint density at radius 3 is 2.67 bits per heavy atom. The predicted octanol–water partition coefficient (Wildman–Crippen LogP) is 3.25. The first-order valence-corrected chi connectivity index (χ1v) is 9.55. The van der Waals surface area contributed by atoms with Gasteiger partial charge in [-0.05, 0) is 17.4 Å². The van der Waals surface area contributed by atoms with E-state index in [2.05, 4.69) is 29.0 Å². The molecule has 0 aliphatic carbocycles. The summed E-state index contributed by atoms with van der Waals surface area (Å²) in [5.74, 6) is 0.0234. The molecule has 1 aromatic heterocycles. The van der Waals surface area contributed by atoms with Gasteiger partial charge in [0, 0.05) is 30.7 Å². The first kappa shape index (κ1) is 23.9. The van der Waals surface area contributed by atoms with E-state index in [0.717, 1.165) is 30.1 Å². The molecule has 1 saturated heterocycles. The van der Waals surface area contributed by atoms with Gasteiger partial charge in [0.25, 0.3) is 0 Å². The second kappa shape index (κ2) is 10.4. The number of nitrogens with two attached hydrogens (primary N) is 1. The van der Waals surface area contributed by atoms with E-state index in [1.807, 2.05) is 35.7 Å². The summed E-state index contributed by atoms with van der Waals surface area (Å²) in [4.78, 5) is 19.3. The van der Waals surface area contributed by atoms with Crippen molar-refractivity contribution in [2.24, 2.45) is 11.1 Å². The molecule has 0 radical (unpaired) electrons. The van der Waals surface area contributed by atoms with Crippen LogP contribution in [0.2, 0.25) is 0 Å². The molecule has 1 aromatic carbocycles. The van der Waals surface area contributed by atoms with E-state index >= 15 is 0 Å². The lowest BCUT2D eigenvalue weighted by molar-refractivity contribution is -0.123. The molecule has 2 atom stereocenters. The minimum absolute atomic E-state index is 0. The highest BCUT2D eigenvalue weighted by molar-refractivity contribution is 7.09. The van der Waals surface area contributed by atoms with E-state index in [9.17, 15) is 4.79 Å². The number of thiazole rings is 1. The van der Waals surface area contributed by atoms with Gasteiger partial charge in [-0.2, -0.15) is 0 Å². The van der Waals surface area contributed by atoms with Crippen molar-refractivity contribution < 1.29 is 4.79 Å². The molecule has 2 aromatic rings. The lowest BCUT2D eigenvalue weighted by atomic mass is 9.80. The zero-order valence-electron chi connectivity index (χ0n) is 15.6. The number of halogens is 2. The number of piperidine rings is 1. The maximum Gasteiger partial charge on any atom is 0.235 e. The van der Waals surface area contributed by atoms with Gasteiger partial charge in [0.15, 0.2) is 0 Å². The van der Waals surface area contributed by atoms with Gasteiger partial charge in [-0.25, -0.2) is 4.98 Å². The quantitative estimate of drug-likeness (QED) is 0.763. The monoisotopic (exact) mass is 430 g/mol. The topological polar surface area (TPSA) is 71.2 Å². The smallest absolute Gasteiger partial charge is 0.235 e. The van der Waals surface area contributed by atoms with Crippen molar-refractivity contribution >= 4 is 42.1 Å².